The molecule has 2 aromatic carbocycles. The number of carbonyl (C=O) groups excluding carboxylic acids is 1. The summed E-state index contributed by atoms with van der Waals surface area (Å²) in [5.74, 6) is -0.0325. The van der Waals surface area contributed by atoms with Crippen molar-refractivity contribution in [3.05, 3.63) is 70.5 Å². The Labute approximate surface area is 169 Å². The van der Waals surface area contributed by atoms with Gasteiger partial charge in [0, 0.05) is 24.4 Å². The lowest BCUT2D eigenvalue weighted by Crippen LogP contribution is -2.37. The van der Waals surface area contributed by atoms with Gasteiger partial charge in [-0.3, -0.25) is 4.79 Å². The van der Waals surface area contributed by atoms with Crippen molar-refractivity contribution in [2.45, 2.75) is 39.3 Å². The molecule has 0 N–H and O–H groups in total. The molecule has 0 radical (unpaired) electrons. The molecule has 28 heavy (non-hydrogen) atoms. The maximum atomic E-state index is 13.5. The Hall–Kier alpha value is -2.40. The average Bonchev–Trinajstić information content (AvgIpc) is 3.10. The van der Waals surface area contributed by atoms with Gasteiger partial charge in [0.2, 0.25) is 5.91 Å². The van der Waals surface area contributed by atoms with Gasteiger partial charge in [-0.2, -0.15) is 0 Å². The van der Waals surface area contributed by atoms with Gasteiger partial charge in [-0.25, -0.2) is 4.39 Å². The van der Waals surface area contributed by atoms with Crippen LogP contribution in [0.2, 0.25) is 5.02 Å². The summed E-state index contributed by atoms with van der Waals surface area (Å²) in [6, 6.07) is 13.8. The van der Waals surface area contributed by atoms with E-state index in [-0.39, 0.29) is 23.7 Å². The summed E-state index contributed by atoms with van der Waals surface area (Å²) in [7, 11) is 0. The zero-order valence-corrected chi connectivity index (χ0v) is 16.8. The number of benzene rings is 2. The predicted molar refractivity (Wildman–Crippen MR) is 109 cm³/mol. The van der Waals surface area contributed by atoms with Crippen LogP contribution in [0.1, 0.15) is 37.8 Å². The first kappa shape index (κ1) is 20.3. The summed E-state index contributed by atoms with van der Waals surface area (Å²) >= 11 is 5.94. The van der Waals surface area contributed by atoms with Gasteiger partial charge < -0.3 is 9.74 Å². The number of hydrogen-bond donors (Lipinski definition) is 0. The highest BCUT2D eigenvalue weighted by molar-refractivity contribution is 6.30. The van der Waals surface area contributed by atoms with Crippen molar-refractivity contribution in [1.82, 2.24) is 4.90 Å². The fourth-order valence-electron chi connectivity index (χ4n) is 3.17. The molecule has 0 aromatic heterocycles. The van der Waals surface area contributed by atoms with E-state index in [0.717, 1.165) is 16.8 Å². The molecule has 4 nitrogen and oxygen atoms in total. The Morgan fingerprint density at radius 1 is 1.29 bits per heavy atom. The van der Waals surface area contributed by atoms with Crippen LogP contribution < -0.4 is 0 Å². The Morgan fingerprint density at radius 3 is 2.71 bits per heavy atom. The van der Waals surface area contributed by atoms with Crippen molar-refractivity contribution in [3.8, 4) is 0 Å². The van der Waals surface area contributed by atoms with Gasteiger partial charge in [0.1, 0.15) is 5.82 Å². The Bertz CT molecular complexity index is 852. The number of hydrogen-bond acceptors (Lipinski definition) is 3. The van der Waals surface area contributed by atoms with Crippen LogP contribution in [0, 0.1) is 11.7 Å². The van der Waals surface area contributed by atoms with Crippen LogP contribution in [0.15, 0.2) is 53.7 Å². The van der Waals surface area contributed by atoms with E-state index in [0.29, 0.717) is 31.0 Å². The molecule has 1 amide bonds. The summed E-state index contributed by atoms with van der Waals surface area (Å²) in [6.45, 7) is 4.76. The lowest BCUT2D eigenvalue weighted by molar-refractivity contribution is -0.134. The topological polar surface area (TPSA) is 41.9 Å². The van der Waals surface area contributed by atoms with Gasteiger partial charge in [-0.05, 0) is 41.3 Å². The zero-order chi connectivity index (χ0) is 20.1. The van der Waals surface area contributed by atoms with Gasteiger partial charge >= 0.3 is 0 Å². The predicted octanol–water partition coefficient (Wildman–Crippen LogP) is 5.05. The van der Waals surface area contributed by atoms with Gasteiger partial charge in [0.15, 0.2) is 6.10 Å². The molecular formula is C22H24ClFN2O2. The average molecular weight is 403 g/mol. The minimum absolute atomic E-state index is 0.0304. The molecule has 0 fully saturated rings. The van der Waals surface area contributed by atoms with Crippen LogP contribution in [0.4, 0.5) is 4.39 Å². The first-order valence-electron chi connectivity index (χ1n) is 9.41. The number of oxime groups is 1. The first-order chi connectivity index (χ1) is 13.4. The number of amides is 1. The molecule has 0 saturated heterocycles. The molecule has 2 aromatic rings. The number of carbonyl (C=O) groups is 1. The van der Waals surface area contributed by atoms with Gasteiger partial charge in [-0.15, -0.1) is 0 Å². The van der Waals surface area contributed by atoms with Crippen molar-refractivity contribution in [3.63, 3.8) is 0 Å². The third kappa shape index (κ3) is 5.55. The van der Waals surface area contributed by atoms with Crippen molar-refractivity contribution < 1.29 is 14.0 Å². The Balaban J connectivity index is 1.67. The molecule has 1 aliphatic rings. The SMILES string of the molecule is CC(C)CC(=O)N(Cc1cccc(F)c1)C[C@@H]1CC(c2ccc(Cl)cc2)=NO1. The smallest absolute Gasteiger partial charge is 0.223 e. The van der Waals surface area contributed by atoms with Crippen molar-refractivity contribution in [2.24, 2.45) is 11.1 Å². The molecular weight excluding hydrogens is 379 g/mol. The molecule has 3 rings (SSSR count). The molecule has 0 saturated carbocycles. The number of halogens is 2. The van der Waals surface area contributed by atoms with Crippen LogP contribution in [0.25, 0.3) is 0 Å². The van der Waals surface area contributed by atoms with E-state index < -0.39 is 0 Å². The fraction of sp³-hybridized carbons (Fsp3) is 0.364. The van der Waals surface area contributed by atoms with E-state index in [2.05, 4.69) is 5.16 Å². The standard InChI is InChI=1S/C22H24ClFN2O2/c1-15(2)10-22(27)26(13-16-4-3-5-19(24)11-16)14-20-12-21(25-28-20)17-6-8-18(23)9-7-17/h3-9,11,15,20H,10,12-14H2,1-2H3/t20-/m0/s1. The van der Waals surface area contributed by atoms with Crippen LogP contribution in [0.3, 0.4) is 0 Å². The quantitative estimate of drug-likeness (QED) is 0.650. The zero-order valence-electron chi connectivity index (χ0n) is 16.1. The highest BCUT2D eigenvalue weighted by Crippen LogP contribution is 2.21. The molecule has 6 heteroatoms. The van der Waals surface area contributed by atoms with E-state index in [1.165, 1.54) is 12.1 Å². The summed E-state index contributed by atoms with van der Waals surface area (Å²) in [4.78, 5) is 20.1. The molecule has 0 spiro atoms. The van der Waals surface area contributed by atoms with E-state index in [4.69, 9.17) is 16.4 Å². The lowest BCUT2D eigenvalue weighted by atomic mass is 10.0. The number of nitrogens with zero attached hydrogens (tertiary/aromatic N) is 2. The normalized spacial score (nSPS) is 16.0. The number of rotatable bonds is 7. The molecule has 0 bridgehead atoms. The fourth-order valence-corrected chi connectivity index (χ4v) is 3.30. The Morgan fingerprint density at radius 2 is 2.04 bits per heavy atom. The minimum Gasteiger partial charge on any atom is -0.390 e. The summed E-state index contributed by atoms with van der Waals surface area (Å²) in [6.07, 6.45) is 0.818. The summed E-state index contributed by atoms with van der Waals surface area (Å²) in [5, 5.41) is 4.85. The monoisotopic (exact) mass is 402 g/mol. The summed E-state index contributed by atoms with van der Waals surface area (Å²) < 4.78 is 13.5. The molecule has 0 unspecified atom stereocenters. The molecule has 0 aliphatic carbocycles. The summed E-state index contributed by atoms with van der Waals surface area (Å²) in [5.41, 5.74) is 2.55. The van der Waals surface area contributed by atoms with Gasteiger partial charge in [0.25, 0.3) is 0 Å². The second-order valence-electron chi connectivity index (χ2n) is 7.48. The molecule has 1 heterocycles. The molecule has 1 atom stereocenters. The second-order valence-corrected chi connectivity index (χ2v) is 7.92. The lowest BCUT2D eigenvalue weighted by Gasteiger charge is -2.26. The highest BCUT2D eigenvalue weighted by Gasteiger charge is 2.27. The van der Waals surface area contributed by atoms with Crippen LogP contribution >= 0.6 is 11.6 Å². The van der Waals surface area contributed by atoms with Crippen molar-refractivity contribution in [1.29, 1.82) is 0 Å². The van der Waals surface area contributed by atoms with Crippen molar-refractivity contribution >= 4 is 23.2 Å². The second kappa shape index (κ2) is 9.20. The van der Waals surface area contributed by atoms with Crippen LogP contribution in [0.5, 0.6) is 0 Å². The molecule has 148 valence electrons. The first-order valence-corrected chi connectivity index (χ1v) is 9.79. The van der Waals surface area contributed by atoms with Gasteiger partial charge in [-0.1, -0.05) is 54.9 Å². The van der Waals surface area contributed by atoms with Crippen LogP contribution in [-0.2, 0) is 16.2 Å². The highest BCUT2D eigenvalue weighted by atomic mass is 35.5. The maximum absolute atomic E-state index is 13.5. The third-order valence-electron chi connectivity index (χ3n) is 4.53. The largest absolute Gasteiger partial charge is 0.390 e. The van der Waals surface area contributed by atoms with E-state index >= 15 is 0 Å². The van der Waals surface area contributed by atoms with Gasteiger partial charge in [0.05, 0.1) is 12.3 Å². The minimum atomic E-state index is -0.306. The Kier molecular flexibility index (Phi) is 6.68. The van der Waals surface area contributed by atoms with E-state index in [1.807, 2.05) is 44.2 Å². The third-order valence-corrected chi connectivity index (χ3v) is 4.78. The van der Waals surface area contributed by atoms with Crippen LogP contribution in [-0.4, -0.2) is 29.2 Å². The van der Waals surface area contributed by atoms with E-state index in [1.54, 1.807) is 11.0 Å². The molecule has 1 aliphatic heterocycles. The van der Waals surface area contributed by atoms with E-state index in [9.17, 15) is 9.18 Å². The van der Waals surface area contributed by atoms with Crippen molar-refractivity contribution in [2.75, 3.05) is 6.54 Å². The maximum Gasteiger partial charge on any atom is 0.223 e.